The SMILES string of the molecule is O=C(O)C1COCC1NC(=O)N1CCCC(CO)C1. The molecule has 0 radical (unpaired) electrons. The maximum Gasteiger partial charge on any atom is 0.317 e. The van der Waals surface area contributed by atoms with Gasteiger partial charge in [0.25, 0.3) is 0 Å². The number of amides is 2. The van der Waals surface area contributed by atoms with E-state index in [2.05, 4.69) is 5.32 Å². The van der Waals surface area contributed by atoms with Gasteiger partial charge in [-0.1, -0.05) is 0 Å². The molecule has 19 heavy (non-hydrogen) atoms. The van der Waals surface area contributed by atoms with E-state index in [1.54, 1.807) is 4.90 Å². The fourth-order valence-corrected chi connectivity index (χ4v) is 2.59. The number of carboxylic acid groups (broad SMARTS) is 1. The number of urea groups is 1. The highest BCUT2D eigenvalue weighted by atomic mass is 16.5. The fraction of sp³-hybridized carbons (Fsp3) is 0.833. The van der Waals surface area contributed by atoms with E-state index in [1.165, 1.54) is 0 Å². The van der Waals surface area contributed by atoms with Crippen molar-refractivity contribution in [1.29, 1.82) is 0 Å². The van der Waals surface area contributed by atoms with Crippen LogP contribution in [0.4, 0.5) is 4.79 Å². The Morgan fingerprint density at radius 2 is 2.16 bits per heavy atom. The summed E-state index contributed by atoms with van der Waals surface area (Å²) in [6, 6.07) is -0.737. The van der Waals surface area contributed by atoms with Crippen LogP contribution in [0.1, 0.15) is 12.8 Å². The number of carbonyl (C=O) groups is 2. The largest absolute Gasteiger partial charge is 0.481 e. The Morgan fingerprint density at radius 1 is 1.37 bits per heavy atom. The molecule has 0 bridgehead atoms. The van der Waals surface area contributed by atoms with Gasteiger partial charge in [0.1, 0.15) is 5.92 Å². The van der Waals surface area contributed by atoms with Crippen LogP contribution in [0.15, 0.2) is 0 Å². The first-order chi connectivity index (χ1) is 9.11. The van der Waals surface area contributed by atoms with E-state index in [0.29, 0.717) is 13.1 Å². The monoisotopic (exact) mass is 272 g/mol. The highest BCUT2D eigenvalue weighted by Gasteiger charge is 2.36. The lowest BCUT2D eigenvalue weighted by molar-refractivity contribution is -0.142. The van der Waals surface area contributed by atoms with Crippen molar-refractivity contribution in [1.82, 2.24) is 10.2 Å². The molecule has 0 aliphatic carbocycles. The molecule has 0 aromatic rings. The number of hydrogen-bond acceptors (Lipinski definition) is 4. The quantitative estimate of drug-likeness (QED) is 0.643. The lowest BCUT2D eigenvalue weighted by Crippen LogP contribution is -2.51. The van der Waals surface area contributed by atoms with Crippen LogP contribution in [0.5, 0.6) is 0 Å². The van der Waals surface area contributed by atoms with Gasteiger partial charge in [0.2, 0.25) is 0 Å². The van der Waals surface area contributed by atoms with Gasteiger partial charge in [0.15, 0.2) is 0 Å². The van der Waals surface area contributed by atoms with E-state index in [4.69, 9.17) is 14.9 Å². The van der Waals surface area contributed by atoms with Crippen molar-refractivity contribution < 1.29 is 24.5 Å². The number of hydrogen-bond donors (Lipinski definition) is 3. The number of carboxylic acids is 1. The molecule has 3 unspecified atom stereocenters. The summed E-state index contributed by atoms with van der Waals surface area (Å²) >= 11 is 0. The number of nitrogens with zero attached hydrogens (tertiary/aromatic N) is 1. The molecule has 2 rings (SSSR count). The Balaban J connectivity index is 1.88. The zero-order valence-corrected chi connectivity index (χ0v) is 10.7. The molecule has 3 atom stereocenters. The van der Waals surface area contributed by atoms with Crippen LogP contribution in [-0.4, -0.2) is 66.1 Å². The van der Waals surface area contributed by atoms with Gasteiger partial charge >= 0.3 is 12.0 Å². The number of rotatable bonds is 3. The molecule has 2 aliphatic heterocycles. The minimum atomic E-state index is -0.949. The standard InChI is InChI=1S/C12H20N2O5/c15-5-8-2-1-3-14(4-8)12(18)13-10-7-19-6-9(10)11(16)17/h8-10,15H,1-7H2,(H,13,18)(H,16,17). The predicted molar refractivity (Wildman–Crippen MR) is 65.6 cm³/mol. The van der Waals surface area contributed by atoms with E-state index in [9.17, 15) is 9.59 Å². The van der Waals surface area contributed by atoms with Crippen molar-refractivity contribution in [3.05, 3.63) is 0 Å². The van der Waals surface area contributed by atoms with Gasteiger partial charge in [0, 0.05) is 19.7 Å². The maximum atomic E-state index is 12.1. The third-order valence-corrected chi connectivity index (χ3v) is 3.77. The number of aliphatic hydroxyl groups is 1. The molecule has 0 spiro atoms. The number of ether oxygens (including phenoxy) is 1. The fourth-order valence-electron chi connectivity index (χ4n) is 2.59. The molecular weight excluding hydrogens is 252 g/mol. The molecule has 108 valence electrons. The summed E-state index contributed by atoms with van der Waals surface area (Å²) in [6.45, 7) is 1.62. The molecule has 0 aromatic carbocycles. The first-order valence-corrected chi connectivity index (χ1v) is 6.58. The molecule has 2 amide bonds. The number of nitrogens with one attached hydrogen (secondary N) is 1. The van der Waals surface area contributed by atoms with Crippen molar-refractivity contribution in [2.24, 2.45) is 11.8 Å². The topological polar surface area (TPSA) is 99.1 Å². The Bertz CT molecular complexity index is 349. The van der Waals surface area contributed by atoms with E-state index in [1.807, 2.05) is 0 Å². The van der Waals surface area contributed by atoms with Crippen molar-refractivity contribution >= 4 is 12.0 Å². The number of carbonyl (C=O) groups excluding carboxylic acids is 1. The summed E-state index contributed by atoms with van der Waals surface area (Å²) in [4.78, 5) is 24.7. The van der Waals surface area contributed by atoms with Crippen LogP contribution in [0.3, 0.4) is 0 Å². The predicted octanol–water partition coefficient (Wildman–Crippen LogP) is -0.500. The lowest BCUT2D eigenvalue weighted by Gasteiger charge is -2.33. The number of aliphatic hydroxyl groups excluding tert-OH is 1. The number of likely N-dealkylation sites (tertiary alicyclic amines) is 1. The first kappa shape index (κ1) is 14.1. The highest BCUT2D eigenvalue weighted by molar-refractivity contribution is 5.77. The molecule has 2 saturated heterocycles. The van der Waals surface area contributed by atoms with Crippen molar-refractivity contribution in [3.63, 3.8) is 0 Å². The van der Waals surface area contributed by atoms with Crippen LogP contribution in [-0.2, 0) is 9.53 Å². The van der Waals surface area contributed by atoms with Gasteiger partial charge in [0.05, 0.1) is 19.3 Å². The zero-order valence-electron chi connectivity index (χ0n) is 10.7. The number of aliphatic carboxylic acids is 1. The van der Waals surface area contributed by atoms with Crippen LogP contribution in [0, 0.1) is 11.8 Å². The average molecular weight is 272 g/mol. The molecule has 2 fully saturated rings. The first-order valence-electron chi connectivity index (χ1n) is 6.58. The van der Waals surface area contributed by atoms with Gasteiger partial charge in [-0.2, -0.15) is 0 Å². The summed E-state index contributed by atoms with van der Waals surface area (Å²) in [5.74, 6) is -1.51. The molecule has 2 heterocycles. The van der Waals surface area contributed by atoms with Gasteiger partial charge < -0.3 is 25.2 Å². The highest BCUT2D eigenvalue weighted by Crippen LogP contribution is 2.18. The van der Waals surface area contributed by atoms with Crippen molar-refractivity contribution in [3.8, 4) is 0 Å². The molecule has 2 aliphatic rings. The minimum Gasteiger partial charge on any atom is -0.481 e. The van der Waals surface area contributed by atoms with Crippen molar-refractivity contribution in [2.45, 2.75) is 18.9 Å². The summed E-state index contributed by atoms with van der Waals surface area (Å²) in [5.41, 5.74) is 0. The average Bonchev–Trinajstić information content (AvgIpc) is 2.87. The van der Waals surface area contributed by atoms with Gasteiger partial charge in [-0.15, -0.1) is 0 Å². The Kier molecular flexibility index (Phi) is 4.60. The second kappa shape index (κ2) is 6.21. The van der Waals surface area contributed by atoms with Crippen LogP contribution in [0.25, 0.3) is 0 Å². The van der Waals surface area contributed by atoms with E-state index >= 15 is 0 Å². The minimum absolute atomic E-state index is 0.0775. The van der Waals surface area contributed by atoms with Crippen LogP contribution >= 0.6 is 0 Å². The molecule has 3 N–H and O–H groups in total. The molecule has 0 saturated carbocycles. The van der Waals surface area contributed by atoms with E-state index < -0.39 is 17.9 Å². The second-order valence-electron chi connectivity index (χ2n) is 5.18. The molecule has 7 nitrogen and oxygen atoms in total. The Hall–Kier alpha value is -1.34. The van der Waals surface area contributed by atoms with Gasteiger partial charge in [-0.05, 0) is 18.8 Å². The van der Waals surface area contributed by atoms with Crippen molar-refractivity contribution in [2.75, 3.05) is 32.9 Å². The Morgan fingerprint density at radius 3 is 2.84 bits per heavy atom. The summed E-state index contributed by atoms with van der Waals surface area (Å²) in [6.07, 6.45) is 1.78. The third-order valence-electron chi connectivity index (χ3n) is 3.77. The van der Waals surface area contributed by atoms with Gasteiger partial charge in [-0.3, -0.25) is 4.79 Å². The Labute approximate surface area is 111 Å². The number of piperidine rings is 1. The van der Waals surface area contributed by atoms with E-state index in [-0.39, 0.29) is 31.8 Å². The second-order valence-corrected chi connectivity index (χ2v) is 5.18. The molecular formula is C12H20N2O5. The lowest BCUT2D eigenvalue weighted by atomic mass is 9.99. The zero-order chi connectivity index (χ0) is 13.8. The molecule has 7 heteroatoms. The normalized spacial score (nSPS) is 31.2. The maximum absolute atomic E-state index is 12.1. The summed E-state index contributed by atoms with van der Waals surface area (Å²) < 4.78 is 5.11. The third kappa shape index (κ3) is 3.36. The summed E-state index contributed by atoms with van der Waals surface area (Å²) in [5, 5.41) is 20.9. The van der Waals surface area contributed by atoms with Crippen LogP contribution in [0.2, 0.25) is 0 Å². The van der Waals surface area contributed by atoms with Gasteiger partial charge in [-0.25, -0.2) is 4.79 Å². The smallest absolute Gasteiger partial charge is 0.317 e. The molecule has 0 aromatic heterocycles. The summed E-state index contributed by atoms with van der Waals surface area (Å²) in [7, 11) is 0. The van der Waals surface area contributed by atoms with Crippen LogP contribution < -0.4 is 5.32 Å². The van der Waals surface area contributed by atoms with E-state index in [0.717, 1.165) is 12.8 Å².